The van der Waals surface area contributed by atoms with Gasteiger partial charge in [0.15, 0.2) is 0 Å². The van der Waals surface area contributed by atoms with E-state index < -0.39 is 17.7 Å². The third kappa shape index (κ3) is 6.38. The Morgan fingerprint density at radius 3 is 2.50 bits per heavy atom. The van der Waals surface area contributed by atoms with E-state index in [4.69, 9.17) is 4.74 Å². The third-order valence-corrected chi connectivity index (χ3v) is 5.82. The van der Waals surface area contributed by atoms with Gasteiger partial charge in [-0.15, -0.1) is 0 Å². The summed E-state index contributed by atoms with van der Waals surface area (Å²) in [6.45, 7) is 15.9. The molecule has 1 unspecified atom stereocenters. The Morgan fingerprint density at radius 1 is 1.14 bits per heavy atom. The van der Waals surface area contributed by atoms with Crippen molar-refractivity contribution in [1.29, 1.82) is 0 Å². The Hall–Kier alpha value is -3.49. The summed E-state index contributed by atoms with van der Waals surface area (Å²) >= 11 is 0. The fourth-order valence-corrected chi connectivity index (χ4v) is 3.89. The van der Waals surface area contributed by atoms with Crippen molar-refractivity contribution >= 4 is 17.8 Å². The van der Waals surface area contributed by atoms with Crippen LogP contribution in [0.1, 0.15) is 38.0 Å². The molecule has 36 heavy (non-hydrogen) atoms. The zero-order valence-electron chi connectivity index (χ0n) is 21.0. The molecule has 2 aliphatic rings. The predicted octanol–water partition coefficient (Wildman–Crippen LogP) is 5.10. The monoisotopic (exact) mass is 494 g/mol. The highest BCUT2D eigenvalue weighted by atomic mass is 19.1. The molecule has 0 aromatic heterocycles. The van der Waals surface area contributed by atoms with Crippen molar-refractivity contribution in [2.45, 2.75) is 26.9 Å². The summed E-state index contributed by atoms with van der Waals surface area (Å²) in [5, 5.41) is 11.1. The van der Waals surface area contributed by atoms with Crippen LogP contribution in [0, 0.1) is 11.6 Å². The fraction of sp³-hybridized carbons (Fsp3) is 0.321. The fourth-order valence-electron chi connectivity index (χ4n) is 3.89. The van der Waals surface area contributed by atoms with Gasteiger partial charge in [-0.1, -0.05) is 25.3 Å². The van der Waals surface area contributed by atoms with Gasteiger partial charge in [0.05, 0.1) is 31.2 Å². The first-order valence-electron chi connectivity index (χ1n) is 11.7. The maximum Gasteiger partial charge on any atom is 0.135 e. The van der Waals surface area contributed by atoms with Crippen LogP contribution in [0.2, 0.25) is 0 Å². The Labute approximate surface area is 211 Å². The molecular formula is C28H32F2N4O2. The van der Waals surface area contributed by atoms with E-state index in [0.29, 0.717) is 35.8 Å². The van der Waals surface area contributed by atoms with Crippen molar-refractivity contribution in [1.82, 2.24) is 4.90 Å². The van der Waals surface area contributed by atoms with E-state index in [0.717, 1.165) is 24.9 Å². The van der Waals surface area contributed by atoms with E-state index in [9.17, 15) is 9.50 Å². The van der Waals surface area contributed by atoms with Gasteiger partial charge in [0.25, 0.3) is 0 Å². The first-order chi connectivity index (χ1) is 17.3. The number of allylic oxidation sites excluding steroid dienone is 5. The van der Waals surface area contributed by atoms with Crippen LogP contribution in [0.25, 0.3) is 0 Å². The standard InChI is InChI=1S/C28H32F2N4O2/c1-6-19(5)26(33-18(3)4)28(35)23-14-22(24(29)15-25(23)30)27-20(16-31-17-32-27)8-9-21(7-2)34-10-12-36-13-11-34/h6-9,14-15,17,28,35H,1-2,10-13,16H2,3-5H3/b20-8+,21-9+,26-19-. The Bertz CT molecular complexity index is 1200. The molecule has 1 fully saturated rings. The van der Waals surface area contributed by atoms with Gasteiger partial charge in [-0.25, -0.2) is 13.8 Å². The van der Waals surface area contributed by atoms with E-state index >= 15 is 4.39 Å². The molecule has 1 N–H and O–H groups in total. The lowest BCUT2D eigenvalue weighted by atomic mass is 9.94. The zero-order chi connectivity index (χ0) is 26.2. The maximum absolute atomic E-state index is 15.1. The molecule has 6 nitrogen and oxygen atoms in total. The molecule has 0 radical (unpaired) electrons. The van der Waals surface area contributed by atoms with Gasteiger partial charge in [-0.3, -0.25) is 9.98 Å². The number of nitrogens with zero attached hydrogens (tertiary/aromatic N) is 4. The number of ether oxygens (including phenoxy) is 1. The summed E-state index contributed by atoms with van der Waals surface area (Å²) in [5.74, 6) is -1.66. The van der Waals surface area contributed by atoms with Gasteiger partial charge in [0.2, 0.25) is 0 Å². The smallest absolute Gasteiger partial charge is 0.135 e. The minimum Gasteiger partial charge on any atom is -0.382 e. The number of hydrogen-bond acceptors (Lipinski definition) is 6. The first kappa shape index (κ1) is 27.1. The second kappa shape index (κ2) is 12.5. The third-order valence-electron chi connectivity index (χ3n) is 5.82. The number of aliphatic hydroxyl groups is 1. The van der Waals surface area contributed by atoms with Gasteiger partial charge in [0, 0.05) is 47.3 Å². The van der Waals surface area contributed by atoms with Gasteiger partial charge in [-0.05, 0) is 44.6 Å². The van der Waals surface area contributed by atoms with Crippen LogP contribution in [-0.4, -0.2) is 60.6 Å². The number of aliphatic imine (C=N–C) groups is 3. The molecule has 8 heteroatoms. The second-order valence-electron chi connectivity index (χ2n) is 8.61. The second-order valence-corrected chi connectivity index (χ2v) is 8.61. The molecule has 0 amide bonds. The van der Waals surface area contributed by atoms with Gasteiger partial charge >= 0.3 is 0 Å². The number of morpholine rings is 1. The van der Waals surface area contributed by atoms with Crippen LogP contribution in [0.15, 0.2) is 87.1 Å². The minimum atomic E-state index is -1.42. The Kier molecular flexibility index (Phi) is 9.38. The van der Waals surface area contributed by atoms with Crippen LogP contribution >= 0.6 is 0 Å². The van der Waals surface area contributed by atoms with Crippen LogP contribution in [-0.2, 0) is 4.74 Å². The van der Waals surface area contributed by atoms with Crippen molar-refractivity contribution in [3.8, 4) is 0 Å². The number of aliphatic hydroxyl groups excluding tert-OH is 1. The topological polar surface area (TPSA) is 69.8 Å². The quantitative estimate of drug-likeness (QED) is 0.404. The summed E-state index contributed by atoms with van der Waals surface area (Å²) in [6.07, 6.45) is 6.92. The summed E-state index contributed by atoms with van der Waals surface area (Å²) in [7, 11) is 0. The summed E-state index contributed by atoms with van der Waals surface area (Å²) in [4.78, 5) is 15.0. The molecule has 1 aromatic carbocycles. The highest BCUT2D eigenvalue weighted by molar-refractivity contribution is 6.16. The molecule has 190 valence electrons. The van der Waals surface area contributed by atoms with Crippen LogP contribution < -0.4 is 0 Å². The van der Waals surface area contributed by atoms with Crippen molar-refractivity contribution < 1.29 is 18.6 Å². The SMILES string of the molecule is C=C/C(C)=C(\N=C(C)C)C(O)c1cc(C2=NC=NC/C2=C\C=C(/C=C)N2CCOCC2)c(F)cc1F. The minimum absolute atomic E-state index is 0.0654. The van der Waals surface area contributed by atoms with E-state index in [1.165, 1.54) is 18.5 Å². The highest BCUT2D eigenvalue weighted by Gasteiger charge is 2.24. The average Bonchev–Trinajstić information content (AvgIpc) is 2.88. The summed E-state index contributed by atoms with van der Waals surface area (Å²) in [5.41, 5.74) is 3.34. The zero-order valence-corrected chi connectivity index (χ0v) is 21.0. The lowest BCUT2D eigenvalue weighted by Gasteiger charge is -2.29. The van der Waals surface area contributed by atoms with Crippen LogP contribution in [0.5, 0.6) is 0 Å². The molecule has 2 heterocycles. The first-order valence-corrected chi connectivity index (χ1v) is 11.7. The Morgan fingerprint density at radius 2 is 1.86 bits per heavy atom. The molecule has 0 spiro atoms. The highest BCUT2D eigenvalue weighted by Crippen LogP contribution is 2.31. The van der Waals surface area contributed by atoms with E-state index in [2.05, 4.69) is 33.0 Å². The predicted molar refractivity (Wildman–Crippen MR) is 142 cm³/mol. The molecule has 0 bridgehead atoms. The van der Waals surface area contributed by atoms with E-state index in [1.54, 1.807) is 26.8 Å². The number of benzene rings is 1. The number of halogens is 2. The van der Waals surface area contributed by atoms with E-state index in [-0.39, 0.29) is 23.4 Å². The van der Waals surface area contributed by atoms with Crippen molar-refractivity contribution in [2.75, 3.05) is 32.8 Å². The van der Waals surface area contributed by atoms with Gasteiger partial charge in [0.1, 0.15) is 24.1 Å². The molecule has 1 saturated heterocycles. The van der Waals surface area contributed by atoms with Crippen molar-refractivity contribution in [2.24, 2.45) is 15.0 Å². The van der Waals surface area contributed by atoms with Gasteiger partial charge in [-0.2, -0.15) is 0 Å². The van der Waals surface area contributed by atoms with E-state index in [1.807, 2.05) is 12.2 Å². The Balaban J connectivity index is 2.05. The van der Waals surface area contributed by atoms with Crippen LogP contribution in [0.3, 0.4) is 0 Å². The largest absolute Gasteiger partial charge is 0.382 e. The maximum atomic E-state index is 15.1. The molecule has 0 aliphatic carbocycles. The molecule has 1 aromatic rings. The molecule has 0 saturated carbocycles. The summed E-state index contributed by atoms with van der Waals surface area (Å²) in [6, 6.07) is 2.06. The van der Waals surface area contributed by atoms with Crippen molar-refractivity contribution in [3.63, 3.8) is 0 Å². The van der Waals surface area contributed by atoms with Gasteiger partial charge < -0.3 is 14.7 Å². The lowest BCUT2D eigenvalue weighted by Crippen LogP contribution is -2.35. The number of rotatable bonds is 8. The molecule has 3 rings (SSSR count). The molecular weight excluding hydrogens is 462 g/mol. The normalized spacial score (nSPS) is 18.9. The van der Waals surface area contributed by atoms with Crippen molar-refractivity contribution in [3.05, 3.63) is 94.9 Å². The van der Waals surface area contributed by atoms with Crippen LogP contribution in [0.4, 0.5) is 8.78 Å². The lowest BCUT2D eigenvalue weighted by molar-refractivity contribution is 0.0554. The average molecular weight is 495 g/mol. The molecule has 2 aliphatic heterocycles. The molecule has 1 atom stereocenters. The summed E-state index contributed by atoms with van der Waals surface area (Å²) < 4.78 is 35.4. The number of hydrogen-bond donors (Lipinski definition) is 1.